The molecule has 0 aromatic heterocycles. The quantitative estimate of drug-likeness (QED) is 0.717. The first-order valence-corrected chi connectivity index (χ1v) is 7.33. The fourth-order valence-corrected chi connectivity index (χ4v) is 3.15. The largest absolute Gasteiger partial charge is 0.381 e. The lowest BCUT2D eigenvalue weighted by atomic mass is 9.77. The van der Waals surface area contributed by atoms with Crippen LogP contribution in [0.2, 0.25) is 0 Å². The van der Waals surface area contributed by atoms with Crippen molar-refractivity contribution in [1.29, 1.82) is 0 Å². The summed E-state index contributed by atoms with van der Waals surface area (Å²) in [6.45, 7) is 6.54. The molecule has 3 nitrogen and oxygen atoms in total. The second-order valence-electron chi connectivity index (χ2n) is 5.62. The molecule has 0 aromatic rings. The zero-order valence-corrected chi connectivity index (χ0v) is 11.5. The third kappa shape index (κ3) is 3.43. The van der Waals surface area contributed by atoms with Crippen LogP contribution in [0.25, 0.3) is 0 Å². The second kappa shape index (κ2) is 6.72. The van der Waals surface area contributed by atoms with Crippen molar-refractivity contribution in [3.8, 4) is 0 Å². The van der Waals surface area contributed by atoms with Crippen molar-refractivity contribution in [1.82, 2.24) is 10.2 Å². The summed E-state index contributed by atoms with van der Waals surface area (Å²) in [5.74, 6) is 0.884. The highest BCUT2D eigenvalue weighted by atomic mass is 16.5. The molecule has 1 saturated heterocycles. The Kier molecular flexibility index (Phi) is 5.26. The van der Waals surface area contributed by atoms with Gasteiger partial charge in [0.25, 0.3) is 0 Å². The number of hydrogen-bond donors (Lipinski definition) is 1. The van der Waals surface area contributed by atoms with Gasteiger partial charge in [0.05, 0.1) is 0 Å². The SMILES string of the molecule is CCCNCC1CCC1N(C)C1CCOCC1. The first kappa shape index (κ1) is 13.3. The van der Waals surface area contributed by atoms with Gasteiger partial charge in [-0.25, -0.2) is 0 Å². The van der Waals surface area contributed by atoms with Crippen LogP contribution in [-0.4, -0.2) is 50.3 Å². The van der Waals surface area contributed by atoms with Crippen LogP contribution < -0.4 is 5.32 Å². The van der Waals surface area contributed by atoms with Crippen molar-refractivity contribution in [2.45, 2.75) is 51.1 Å². The van der Waals surface area contributed by atoms with Gasteiger partial charge in [-0.05, 0) is 58.2 Å². The number of rotatable bonds is 6. The normalized spacial score (nSPS) is 30.5. The van der Waals surface area contributed by atoms with Crippen molar-refractivity contribution in [3.63, 3.8) is 0 Å². The van der Waals surface area contributed by atoms with Crippen molar-refractivity contribution < 1.29 is 4.74 Å². The molecule has 2 fully saturated rings. The van der Waals surface area contributed by atoms with Crippen LogP contribution in [0, 0.1) is 5.92 Å². The summed E-state index contributed by atoms with van der Waals surface area (Å²) in [4.78, 5) is 2.64. The third-order valence-corrected chi connectivity index (χ3v) is 4.50. The monoisotopic (exact) mass is 240 g/mol. The van der Waals surface area contributed by atoms with E-state index in [2.05, 4.69) is 24.2 Å². The molecule has 0 spiro atoms. The lowest BCUT2D eigenvalue weighted by Crippen LogP contribution is -2.53. The molecule has 17 heavy (non-hydrogen) atoms. The number of nitrogens with one attached hydrogen (secondary N) is 1. The van der Waals surface area contributed by atoms with Gasteiger partial charge in [-0.1, -0.05) is 6.92 Å². The molecule has 0 amide bonds. The van der Waals surface area contributed by atoms with Crippen LogP contribution in [-0.2, 0) is 4.74 Å². The molecule has 1 aliphatic carbocycles. The smallest absolute Gasteiger partial charge is 0.0480 e. The summed E-state index contributed by atoms with van der Waals surface area (Å²) >= 11 is 0. The summed E-state index contributed by atoms with van der Waals surface area (Å²) in [6.07, 6.45) is 6.50. The highest BCUT2D eigenvalue weighted by Gasteiger charge is 2.36. The predicted molar refractivity (Wildman–Crippen MR) is 71.3 cm³/mol. The molecular formula is C14H28N2O. The van der Waals surface area contributed by atoms with E-state index < -0.39 is 0 Å². The topological polar surface area (TPSA) is 24.5 Å². The van der Waals surface area contributed by atoms with Gasteiger partial charge in [-0.3, -0.25) is 4.90 Å². The summed E-state index contributed by atoms with van der Waals surface area (Å²) in [7, 11) is 2.33. The minimum absolute atomic E-state index is 0.766. The van der Waals surface area contributed by atoms with Gasteiger partial charge < -0.3 is 10.1 Å². The standard InChI is InChI=1S/C14H28N2O/c1-3-8-15-11-12-4-5-14(12)16(2)13-6-9-17-10-7-13/h12-15H,3-11H2,1-2H3. The fourth-order valence-electron chi connectivity index (χ4n) is 3.15. The van der Waals surface area contributed by atoms with Gasteiger partial charge in [0.2, 0.25) is 0 Å². The lowest BCUT2D eigenvalue weighted by molar-refractivity contribution is -0.00846. The van der Waals surface area contributed by atoms with E-state index in [1.54, 1.807) is 0 Å². The molecule has 0 radical (unpaired) electrons. The molecule has 2 rings (SSSR count). The maximum absolute atomic E-state index is 5.45. The number of ether oxygens (including phenoxy) is 1. The zero-order chi connectivity index (χ0) is 12.1. The minimum Gasteiger partial charge on any atom is -0.381 e. The van der Waals surface area contributed by atoms with Gasteiger partial charge in [-0.15, -0.1) is 0 Å². The van der Waals surface area contributed by atoms with Gasteiger partial charge in [0.1, 0.15) is 0 Å². The van der Waals surface area contributed by atoms with Crippen molar-refractivity contribution in [2.24, 2.45) is 5.92 Å². The van der Waals surface area contributed by atoms with Crippen LogP contribution >= 0.6 is 0 Å². The maximum atomic E-state index is 5.45. The third-order valence-electron chi connectivity index (χ3n) is 4.50. The molecule has 100 valence electrons. The lowest BCUT2D eigenvalue weighted by Gasteiger charge is -2.47. The molecule has 1 N–H and O–H groups in total. The Morgan fingerprint density at radius 2 is 1.94 bits per heavy atom. The molecular weight excluding hydrogens is 212 g/mol. The first-order chi connectivity index (χ1) is 8.33. The Balaban J connectivity index is 1.72. The van der Waals surface area contributed by atoms with Gasteiger partial charge in [0, 0.05) is 25.3 Å². The van der Waals surface area contributed by atoms with Crippen LogP contribution in [0.4, 0.5) is 0 Å². The number of hydrogen-bond acceptors (Lipinski definition) is 3. The van der Waals surface area contributed by atoms with E-state index in [0.717, 1.165) is 31.2 Å². The van der Waals surface area contributed by atoms with Crippen LogP contribution in [0.5, 0.6) is 0 Å². The van der Waals surface area contributed by atoms with Crippen molar-refractivity contribution in [3.05, 3.63) is 0 Å². The van der Waals surface area contributed by atoms with E-state index in [1.807, 2.05) is 0 Å². The molecule has 2 atom stereocenters. The van der Waals surface area contributed by atoms with E-state index in [9.17, 15) is 0 Å². The van der Waals surface area contributed by atoms with E-state index >= 15 is 0 Å². The van der Waals surface area contributed by atoms with Gasteiger partial charge in [0.15, 0.2) is 0 Å². The Morgan fingerprint density at radius 3 is 2.53 bits per heavy atom. The number of nitrogens with zero attached hydrogens (tertiary/aromatic N) is 1. The molecule has 0 bridgehead atoms. The first-order valence-electron chi connectivity index (χ1n) is 7.33. The Bertz CT molecular complexity index is 216. The molecule has 2 aliphatic rings. The molecule has 1 heterocycles. The zero-order valence-electron chi connectivity index (χ0n) is 11.5. The van der Waals surface area contributed by atoms with Gasteiger partial charge in [-0.2, -0.15) is 0 Å². The summed E-state index contributed by atoms with van der Waals surface area (Å²) < 4.78 is 5.45. The van der Waals surface area contributed by atoms with Crippen LogP contribution in [0.15, 0.2) is 0 Å². The average Bonchev–Trinajstić information content (AvgIpc) is 2.34. The molecule has 1 saturated carbocycles. The van der Waals surface area contributed by atoms with E-state index in [1.165, 1.54) is 45.2 Å². The highest BCUT2D eigenvalue weighted by Crippen LogP contribution is 2.33. The molecule has 0 aromatic carbocycles. The van der Waals surface area contributed by atoms with Crippen LogP contribution in [0.1, 0.15) is 39.0 Å². The van der Waals surface area contributed by atoms with Crippen molar-refractivity contribution in [2.75, 3.05) is 33.4 Å². The summed E-state index contributed by atoms with van der Waals surface area (Å²) in [5, 5.41) is 3.57. The Hall–Kier alpha value is -0.120. The highest BCUT2D eigenvalue weighted by molar-refractivity contribution is 4.91. The second-order valence-corrected chi connectivity index (χ2v) is 5.62. The molecule has 2 unspecified atom stereocenters. The maximum Gasteiger partial charge on any atom is 0.0480 e. The summed E-state index contributed by atoms with van der Waals surface area (Å²) in [5.41, 5.74) is 0. The Morgan fingerprint density at radius 1 is 1.18 bits per heavy atom. The minimum atomic E-state index is 0.766. The Labute approximate surface area is 106 Å². The van der Waals surface area contributed by atoms with E-state index in [0.29, 0.717) is 0 Å². The fraction of sp³-hybridized carbons (Fsp3) is 1.00. The van der Waals surface area contributed by atoms with Gasteiger partial charge >= 0.3 is 0 Å². The average molecular weight is 240 g/mol. The molecule has 1 aliphatic heterocycles. The van der Waals surface area contributed by atoms with E-state index in [4.69, 9.17) is 4.74 Å². The van der Waals surface area contributed by atoms with Crippen molar-refractivity contribution >= 4 is 0 Å². The molecule has 3 heteroatoms. The summed E-state index contributed by atoms with van der Waals surface area (Å²) in [6, 6.07) is 1.59. The predicted octanol–water partition coefficient (Wildman–Crippen LogP) is 1.88. The van der Waals surface area contributed by atoms with Crippen LogP contribution in [0.3, 0.4) is 0 Å². The van der Waals surface area contributed by atoms with E-state index in [-0.39, 0.29) is 0 Å².